The molecule has 1 N–H and O–H groups in total. The number of anilines is 1. The summed E-state index contributed by atoms with van der Waals surface area (Å²) in [5, 5.41) is 13.5. The summed E-state index contributed by atoms with van der Waals surface area (Å²) in [4.78, 5) is 18.0. The zero-order valence-corrected chi connectivity index (χ0v) is 10.2. The Morgan fingerprint density at radius 2 is 2.11 bits per heavy atom. The van der Waals surface area contributed by atoms with E-state index in [2.05, 4.69) is 15.3 Å². The number of hydrogen-bond acceptors (Lipinski definition) is 6. The number of rotatable bonds is 5. The van der Waals surface area contributed by atoms with Gasteiger partial charge in [0.2, 0.25) is 5.88 Å². The predicted octanol–water partition coefficient (Wildman–Crippen LogP) is 2.01. The second-order valence-electron chi connectivity index (χ2n) is 3.72. The molecule has 0 saturated heterocycles. The molecule has 2 rings (SSSR count). The standard InChI is InChI=1S/C12H12N4O3/c1-19-12-5-2-9(7-15-12)6-13-11-4-3-10(8-14-11)16(17)18/h2-5,7-8H,6H2,1H3,(H,13,14). The molecule has 0 amide bonds. The van der Waals surface area contributed by atoms with E-state index < -0.39 is 4.92 Å². The Hall–Kier alpha value is -2.70. The number of nitro groups is 1. The molecule has 0 fully saturated rings. The van der Waals surface area contributed by atoms with Crippen molar-refractivity contribution in [3.05, 3.63) is 52.3 Å². The van der Waals surface area contributed by atoms with Crippen molar-refractivity contribution in [2.75, 3.05) is 12.4 Å². The van der Waals surface area contributed by atoms with E-state index in [0.717, 1.165) is 5.56 Å². The molecule has 0 saturated carbocycles. The third-order valence-corrected chi connectivity index (χ3v) is 2.44. The second kappa shape index (κ2) is 5.76. The van der Waals surface area contributed by atoms with Gasteiger partial charge in [0.05, 0.1) is 12.0 Å². The minimum absolute atomic E-state index is 0.0309. The van der Waals surface area contributed by atoms with Crippen molar-refractivity contribution < 1.29 is 9.66 Å². The SMILES string of the molecule is COc1ccc(CNc2ccc([N+](=O)[O-])cn2)cn1. The quantitative estimate of drug-likeness (QED) is 0.653. The molecule has 2 aromatic heterocycles. The Bertz CT molecular complexity index is 554. The van der Waals surface area contributed by atoms with Crippen molar-refractivity contribution in [1.82, 2.24) is 9.97 Å². The molecule has 0 aliphatic carbocycles. The Morgan fingerprint density at radius 3 is 2.63 bits per heavy atom. The van der Waals surface area contributed by atoms with Gasteiger partial charge >= 0.3 is 0 Å². The lowest BCUT2D eigenvalue weighted by Crippen LogP contribution is -2.02. The van der Waals surface area contributed by atoms with Crippen LogP contribution in [-0.2, 0) is 6.54 Å². The molecule has 0 radical (unpaired) electrons. The maximum Gasteiger partial charge on any atom is 0.287 e. The Morgan fingerprint density at radius 1 is 1.26 bits per heavy atom. The summed E-state index contributed by atoms with van der Waals surface area (Å²) < 4.78 is 4.96. The van der Waals surface area contributed by atoms with E-state index >= 15 is 0 Å². The Labute approximate surface area is 109 Å². The topological polar surface area (TPSA) is 90.2 Å². The number of aromatic nitrogens is 2. The highest BCUT2D eigenvalue weighted by Gasteiger charge is 2.04. The summed E-state index contributed by atoms with van der Waals surface area (Å²) in [7, 11) is 1.56. The molecule has 0 aromatic carbocycles. The zero-order chi connectivity index (χ0) is 13.7. The van der Waals surface area contributed by atoms with Crippen LogP contribution in [0.2, 0.25) is 0 Å². The molecule has 7 nitrogen and oxygen atoms in total. The molecule has 2 heterocycles. The predicted molar refractivity (Wildman–Crippen MR) is 69.0 cm³/mol. The van der Waals surface area contributed by atoms with E-state index in [-0.39, 0.29) is 5.69 Å². The van der Waals surface area contributed by atoms with Crippen molar-refractivity contribution >= 4 is 11.5 Å². The van der Waals surface area contributed by atoms with Crippen molar-refractivity contribution in [3.8, 4) is 5.88 Å². The molecule has 0 bridgehead atoms. The highest BCUT2D eigenvalue weighted by molar-refractivity contribution is 5.40. The van der Waals surface area contributed by atoms with Crippen molar-refractivity contribution in [2.45, 2.75) is 6.54 Å². The number of methoxy groups -OCH3 is 1. The monoisotopic (exact) mass is 260 g/mol. The maximum absolute atomic E-state index is 10.5. The van der Waals surface area contributed by atoms with Gasteiger partial charge in [0.25, 0.3) is 5.69 Å². The maximum atomic E-state index is 10.5. The normalized spacial score (nSPS) is 9.95. The fourth-order valence-electron chi connectivity index (χ4n) is 1.43. The third-order valence-electron chi connectivity index (χ3n) is 2.44. The number of pyridine rings is 2. The lowest BCUT2D eigenvalue weighted by molar-refractivity contribution is -0.385. The van der Waals surface area contributed by atoms with Crippen LogP contribution in [0.1, 0.15) is 5.56 Å². The van der Waals surface area contributed by atoms with E-state index in [0.29, 0.717) is 18.2 Å². The van der Waals surface area contributed by atoms with E-state index in [1.165, 1.54) is 12.3 Å². The molecule has 2 aromatic rings. The van der Waals surface area contributed by atoms with E-state index in [9.17, 15) is 10.1 Å². The average Bonchev–Trinajstić information content (AvgIpc) is 2.46. The average molecular weight is 260 g/mol. The minimum atomic E-state index is -0.482. The molecular formula is C12H12N4O3. The van der Waals surface area contributed by atoms with Crippen LogP contribution in [0.4, 0.5) is 11.5 Å². The van der Waals surface area contributed by atoms with Gasteiger partial charge < -0.3 is 10.1 Å². The first-order chi connectivity index (χ1) is 9.19. The summed E-state index contributed by atoms with van der Waals surface area (Å²) in [5.74, 6) is 1.12. The number of hydrogen-bond donors (Lipinski definition) is 1. The van der Waals surface area contributed by atoms with Crippen LogP contribution in [0, 0.1) is 10.1 Å². The minimum Gasteiger partial charge on any atom is -0.481 e. The van der Waals surface area contributed by atoms with E-state index in [1.54, 1.807) is 25.4 Å². The molecule has 0 atom stereocenters. The van der Waals surface area contributed by atoms with Crippen LogP contribution in [0.3, 0.4) is 0 Å². The molecule has 98 valence electrons. The van der Waals surface area contributed by atoms with Crippen LogP contribution < -0.4 is 10.1 Å². The molecule has 0 aliphatic heterocycles. The smallest absolute Gasteiger partial charge is 0.287 e. The third kappa shape index (κ3) is 3.38. The highest BCUT2D eigenvalue weighted by atomic mass is 16.6. The molecule has 0 unspecified atom stereocenters. The van der Waals surface area contributed by atoms with Gasteiger partial charge in [-0.05, 0) is 11.6 Å². The van der Waals surface area contributed by atoms with Crippen LogP contribution in [0.25, 0.3) is 0 Å². The molecule has 19 heavy (non-hydrogen) atoms. The van der Waals surface area contributed by atoms with Gasteiger partial charge in [-0.25, -0.2) is 9.97 Å². The highest BCUT2D eigenvalue weighted by Crippen LogP contribution is 2.13. The fraction of sp³-hybridized carbons (Fsp3) is 0.167. The summed E-state index contributed by atoms with van der Waals surface area (Å²) >= 11 is 0. The molecular weight excluding hydrogens is 248 g/mol. The van der Waals surface area contributed by atoms with E-state index in [1.807, 2.05) is 6.07 Å². The molecule has 0 spiro atoms. The summed E-state index contributed by atoms with van der Waals surface area (Å²) in [6.45, 7) is 0.530. The van der Waals surface area contributed by atoms with Gasteiger partial charge in [0, 0.05) is 24.9 Å². The summed E-state index contributed by atoms with van der Waals surface area (Å²) in [5.41, 5.74) is 0.928. The van der Waals surface area contributed by atoms with Crippen molar-refractivity contribution in [1.29, 1.82) is 0 Å². The Balaban J connectivity index is 1.95. The lowest BCUT2D eigenvalue weighted by atomic mass is 10.3. The number of nitrogens with one attached hydrogen (secondary N) is 1. The number of ether oxygens (including phenoxy) is 1. The first kappa shape index (κ1) is 12.7. The van der Waals surface area contributed by atoms with Crippen LogP contribution in [-0.4, -0.2) is 22.0 Å². The summed E-state index contributed by atoms with van der Waals surface area (Å²) in [6.07, 6.45) is 2.91. The van der Waals surface area contributed by atoms with E-state index in [4.69, 9.17) is 4.74 Å². The number of nitrogens with zero attached hydrogens (tertiary/aromatic N) is 3. The van der Waals surface area contributed by atoms with Gasteiger partial charge in [-0.2, -0.15) is 0 Å². The van der Waals surface area contributed by atoms with Crippen molar-refractivity contribution in [2.24, 2.45) is 0 Å². The van der Waals surface area contributed by atoms with Gasteiger partial charge in [0.15, 0.2) is 0 Å². The summed E-state index contributed by atoms with van der Waals surface area (Å²) in [6, 6.07) is 6.61. The zero-order valence-electron chi connectivity index (χ0n) is 10.2. The first-order valence-electron chi connectivity index (χ1n) is 5.52. The van der Waals surface area contributed by atoms with Crippen LogP contribution >= 0.6 is 0 Å². The van der Waals surface area contributed by atoms with Crippen molar-refractivity contribution in [3.63, 3.8) is 0 Å². The van der Waals surface area contributed by atoms with Crippen LogP contribution in [0.5, 0.6) is 5.88 Å². The largest absolute Gasteiger partial charge is 0.481 e. The van der Waals surface area contributed by atoms with Gasteiger partial charge in [-0.3, -0.25) is 10.1 Å². The lowest BCUT2D eigenvalue weighted by Gasteiger charge is -2.05. The van der Waals surface area contributed by atoms with Crippen LogP contribution in [0.15, 0.2) is 36.7 Å². The molecule has 0 aliphatic rings. The van der Waals surface area contributed by atoms with Gasteiger partial charge in [-0.1, -0.05) is 6.07 Å². The Kier molecular flexibility index (Phi) is 3.87. The van der Waals surface area contributed by atoms with Gasteiger partial charge in [0.1, 0.15) is 12.0 Å². The molecule has 7 heteroatoms. The fourth-order valence-corrected chi connectivity index (χ4v) is 1.43. The first-order valence-corrected chi connectivity index (χ1v) is 5.52. The second-order valence-corrected chi connectivity index (χ2v) is 3.72. The van der Waals surface area contributed by atoms with Gasteiger partial charge in [-0.15, -0.1) is 0 Å².